The Labute approximate surface area is 73.4 Å². The third kappa shape index (κ3) is 1.31. The van der Waals surface area contributed by atoms with Crippen LogP contribution in [0.2, 0.25) is 0 Å². The summed E-state index contributed by atoms with van der Waals surface area (Å²) in [5.74, 6) is -0.318. The Kier molecular flexibility index (Phi) is 1.63. The predicted octanol–water partition coefficient (Wildman–Crippen LogP) is 1.10. The van der Waals surface area contributed by atoms with E-state index in [9.17, 15) is 4.79 Å². The van der Waals surface area contributed by atoms with E-state index in [1.165, 1.54) is 6.07 Å². The third-order valence-corrected chi connectivity index (χ3v) is 1.69. The first-order chi connectivity index (χ1) is 6.27. The van der Waals surface area contributed by atoms with Crippen molar-refractivity contribution in [1.29, 1.82) is 0 Å². The molecular formula is C8H7N3O2. The fourth-order valence-electron chi connectivity index (χ4n) is 1.08. The van der Waals surface area contributed by atoms with Crippen molar-refractivity contribution in [3.05, 3.63) is 30.4 Å². The molecule has 2 rings (SSSR count). The van der Waals surface area contributed by atoms with Crippen molar-refractivity contribution in [2.24, 2.45) is 0 Å². The molecule has 2 heterocycles. The third-order valence-electron chi connectivity index (χ3n) is 1.69. The minimum Gasteiger partial charge on any atom is -0.477 e. The van der Waals surface area contributed by atoms with E-state index in [4.69, 9.17) is 5.11 Å². The first-order valence-corrected chi connectivity index (χ1v) is 3.69. The zero-order valence-corrected chi connectivity index (χ0v) is 6.61. The van der Waals surface area contributed by atoms with Gasteiger partial charge in [0.2, 0.25) is 0 Å². The number of hydrogen-bond donors (Lipinski definition) is 3. The molecule has 0 radical (unpaired) electrons. The van der Waals surface area contributed by atoms with Gasteiger partial charge < -0.3 is 15.1 Å². The minimum absolute atomic E-state index is 0.159. The molecule has 0 aliphatic rings. The Morgan fingerprint density at radius 1 is 1.46 bits per heavy atom. The zero-order chi connectivity index (χ0) is 9.26. The maximum atomic E-state index is 10.5. The van der Waals surface area contributed by atoms with Crippen LogP contribution in [0.4, 0.5) is 0 Å². The van der Waals surface area contributed by atoms with Crippen LogP contribution in [0.5, 0.6) is 0 Å². The maximum Gasteiger partial charge on any atom is 0.352 e. The summed E-state index contributed by atoms with van der Waals surface area (Å²) in [5.41, 5.74) is 0.897. The molecule has 13 heavy (non-hydrogen) atoms. The highest BCUT2D eigenvalue weighted by Gasteiger charge is 2.07. The lowest BCUT2D eigenvalue weighted by Crippen LogP contribution is -1.94. The van der Waals surface area contributed by atoms with E-state index in [0.29, 0.717) is 5.82 Å². The summed E-state index contributed by atoms with van der Waals surface area (Å²) < 4.78 is 0. The van der Waals surface area contributed by atoms with E-state index in [1.54, 1.807) is 18.6 Å². The minimum atomic E-state index is -0.974. The molecule has 0 amide bonds. The largest absolute Gasteiger partial charge is 0.477 e. The standard InChI is InChI=1S/C8H7N3O2/c12-8(13)6-3-5(4-11-6)7-9-1-2-10-7/h1-4,11H,(H,9,10)(H,12,13). The van der Waals surface area contributed by atoms with Gasteiger partial charge >= 0.3 is 5.97 Å². The van der Waals surface area contributed by atoms with Gasteiger partial charge in [-0.25, -0.2) is 9.78 Å². The number of aromatic amines is 2. The molecule has 0 saturated carbocycles. The smallest absolute Gasteiger partial charge is 0.352 e. The number of carbonyl (C=O) groups is 1. The quantitative estimate of drug-likeness (QED) is 0.642. The Bertz CT molecular complexity index is 416. The zero-order valence-electron chi connectivity index (χ0n) is 6.61. The maximum absolute atomic E-state index is 10.5. The molecule has 0 saturated heterocycles. The first kappa shape index (κ1) is 7.60. The van der Waals surface area contributed by atoms with E-state index in [1.807, 2.05) is 0 Å². The molecule has 2 aromatic heterocycles. The van der Waals surface area contributed by atoms with E-state index in [-0.39, 0.29) is 5.69 Å². The molecular weight excluding hydrogens is 170 g/mol. The van der Waals surface area contributed by atoms with Gasteiger partial charge in [-0.1, -0.05) is 0 Å². The summed E-state index contributed by atoms with van der Waals surface area (Å²) in [6.45, 7) is 0. The van der Waals surface area contributed by atoms with Gasteiger partial charge in [0.15, 0.2) is 0 Å². The second-order valence-corrected chi connectivity index (χ2v) is 2.54. The average Bonchev–Trinajstić information content (AvgIpc) is 2.75. The Balaban J connectivity index is 2.39. The summed E-state index contributed by atoms with van der Waals surface area (Å²) in [7, 11) is 0. The van der Waals surface area contributed by atoms with Gasteiger partial charge in [-0.2, -0.15) is 0 Å². The number of H-pyrrole nitrogens is 2. The Morgan fingerprint density at radius 3 is 2.85 bits per heavy atom. The summed E-state index contributed by atoms with van der Waals surface area (Å²) in [5, 5.41) is 8.63. The number of nitrogens with one attached hydrogen (secondary N) is 2. The fraction of sp³-hybridized carbons (Fsp3) is 0. The van der Waals surface area contributed by atoms with Crippen LogP contribution >= 0.6 is 0 Å². The summed E-state index contributed by atoms with van der Waals surface area (Å²) in [6, 6.07) is 1.53. The monoisotopic (exact) mass is 177 g/mol. The normalized spacial score (nSPS) is 10.2. The average molecular weight is 177 g/mol. The van der Waals surface area contributed by atoms with Crippen LogP contribution in [-0.4, -0.2) is 26.0 Å². The fourth-order valence-corrected chi connectivity index (χ4v) is 1.08. The van der Waals surface area contributed by atoms with Gasteiger partial charge in [0.1, 0.15) is 11.5 Å². The van der Waals surface area contributed by atoms with E-state index < -0.39 is 5.97 Å². The topological polar surface area (TPSA) is 81.8 Å². The molecule has 3 N–H and O–H groups in total. The number of hydrogen-bond acceptors (Lipinski definition) is 2. The van der Waals surface area contributed by atoms with Gasteiger partial charge in [-0.15, -0.1) is 0 Å². The van der Waals surface area contributed by atoms with Crippen LogP contribution in [0.15, 0.2) is 24.7 Å². The van der Waals surface area contributed by atoms with E-state index in [2.05, 4.69) is 15.0 Å². The molecule has 0 spiro atoms. The van der Waals surface area contributed by atoms with Crippen LogP contribution < -0.4 is 0 Å². The van der Waals surface area contributed by atoms with Crippen molar-refractivity contribution in [3.8, 4) is 11.4 Å². The number of nitrogens with zero attached hydrogens (tertiary/aromatic N) is 1. The van der Waals surface area contributed by atoms with Crippen LogP contribution in [0.3, 0.4) is 0 Å². The second-order valence-electron chi connectivity index (χ2n) is 2.54. The van der Waals surface area contributed by atoms with Gasteiger partial charge in [-0.05, 0) is 6.07 Å². The van der Waals surface area contributed by atoms with Gasteiger partial charge in [0, 0.05) is 24.2 Å². The van der Waals surface area contributed by atoms with Crippen LogP contribution in [0.1, 0.15) is 10.5 Å². The van der Waals surface area contributed by atoms with Crippen molar-refractivity contribution in [2.45, 2.75) is 0 Å². The second kappa shape index (κ2) is 2.78. The lowest BCUT2D eigenvalue weighted by molar-refractivity contribution is 0.0691. The van der Waals surface area contributed by atoms with Gasteiger partial charge in [0.25, 0.3) is 0 Å². The molecule has 0 atom stereocenters. The number of carboxylic acids is 1. The molecule has 5 nitrogen and oxygen atoms in total. The molecule has 0 bridgehead atoms. The molecule has 0 aromatic carbocycles. The number of rotatable bonds is 2. The lowest BCUT2D eigenvalue weighted by Gasteiger charge is -1.86. The summed E-state index contributed by atoms with van der Waals surface area (Å²) in [6.07, 6.45) is 4.90. The highest BCUT2D eigenvalue weighted by molar-refractivity contribution is 5.87. The highest BCUT2D eigenvalue weighted by atomic mass is 16.4. The number of aromatic carboxylic acids is 1. The van der Waals surface area contributed by atoms with Crippen molar-refractivity contribution in [2.75, 3.05) is 0 Å². The number of imidazole rings is 1. The molecule has 0 aliphatic carbocycles. The van der Waals surface area contributed by atoms with Crippen molar-refractivity contribution in [1.82, 2.24) is 15.0 Å². The van der Waals surface area contributed by atoms with Crippen LogP contribution in [0.25, 0.3) is 11.4 Å². The van der Waals surface area contributed by atoms with Crippen molar-refractivity contribution < 1.29 is 9.90 Å². The summed E-state index contributed by atoms with van der Waals surface area (Å²) in [4.78, 5) is 20.0. The molecule has 0 unspecified atom stereocenters. The van der Waals surface area contributed by atoms with E-state index >= 15 is 0 Å². The SMILES string of the molecule is O=C(O)c1cc(-c2ncc[nH]2)c[nH]1. The molecule has 5 heteroatoms. The predicted molar refractivity (Wildman–Crippen MR) is 45.3 cm³/mol. The molecule has 2 aromatic rings. The van der Waals surface area contributed by atoms with Gasteiger partial charge in [-0.3, -0.25) is 0 Å². The Hall–Kier alpha value is -2.04. The van der Waals surface area contributed by atoms with Crippen LogP contribution in [-0.2, 0) is 0 Å². The van der Waals surface area contributed by atoms with E-state index in [0.717, 1.165) is 5.56 Å². The number of aromatic nitrogens is 3. The highest BCUT2D eigenvalue weighted by Crippen LogP contribution is 2.14. The van der Waals surface area contributed by atoms with Crippen LogP contribution in [0, 0.1) is 0 Å². The summed E-state index contributed by atoms with van der Waals surface area (Å²) >= 11 is 0. The lowest BCUT2D eigenvalue weighted by atomic mass is 10.3. The molecule has 0 fully saturated rings. The molecule has 66 valence electrons. The van der Waals surface area contributed by atoms with Gasteiger partial charge in [0.05, 0.1) is 0 Å². The molecule has 0 aliphatic heterocycles. The van der Waals surface area contributed by atoms with Crippen molar-refractivity contribution >= 4 is 5.97 Å². The van der Waals surface area contributed by atoms with Crippen molar-refractivity contribution in [3.63, 3.8) is 0 Å². The number of carboxylic acid groups (broad SMARTS) is 1. The first-order valence-electron chi connectivity index (χ1n) is 3.69. The Morgan fingerprint density at radius 2 is 2.31 bits per heavy atom.